The van der Waals surface area contributed by atoms with Crippen LogP contribution in [0, 0.1) is 5.92 Å². The van der Waals surface area contributed by atoms with Gasteiger partial charge in [0.25, 0.3) is 5.91 Å². The molecule has 1 saturated carbocycles. The lowest BCUT2D eigenvalue weighted by atomic mass is 10.3. The lowest BCUT2D eigenvalue weighted by Gasteiger charge is -2.06. The Balaban J connectivity index is 1.44. The summed E-state index contributed by atoms with van der Waals surface area (Å²) in [5, 5.41) is 6.93. The van der Waals surface area contributed by atoms with Crippen LogP contribution in [0.2, 0.25) is 0 Å². The zero-order valence-corrected chi connectivity index (χ0v) is 13.8. The van der Waals surface area contributed by atoms with Gasteiger partial charge in [0.2, 0.25) is 0 Å². The highest BCUT2D eigenvalue weighted by Gasteiger charge is 2.36. The second-order valence-electron chi connectivity index (χ2n) is 5.94. The molecule has 0 saturated heterocycles. The number of ether oxygens (including phenoxy) is 1. The predicted molar refractivity (Wildman–Crippen MR) is 92.5 cm³/mol. The van der Waals surface area contributed by atoms with Gasteiger partial charge in [0.05, 0.1) is 19.9 Å². The monoisotopic (exact) mass is 327 g/mol. The van der Waals surface area contributed by atoms with Crippen LogP contribution in [0.3, 0.4) is 0 Å². The van der Waals surface area contributed by atoms with Crippen LogP contribution in [-0.4, -0.2) is 25.8 Å². The van der Waals surface area contributed by atoms with E-state index >= 15 is 0 Å². The van der Waals surface area contributed by atoms with Crippen molar-refractivity contribution >= 4 is 17.8 Å². The Morgan fingerprint density at radius 1 is 1.42 bits per heavy atom. The van der Waals surface area contributed by atoms with E-state index in [4.69, 9.17) is 9.15 Å². The first-order valence-electron chi connectivity index (χ1n) is 7.95. The Morgan fingerprint density at radius 3 is 3.00 bits per heavy atom. The number of hydrazone groups is 1. The number of furan rings is 1. The maximum absolute atomic E-state index is 11.8. The number of carbonyl (C=O) groups excluding carboxylic acids is 1. The molecule has 126 valence electrons. The zero-order chi connectivity index (χ0) is 16.9. The summed E-state index contributed by atoms with van der Waals surface area (Å²) in [7, 11) is 1.60. The van der Waals surface area contributed by atoms with Crippen molar-refractivity contribution in [2.24, 2.45) is 11.0 Å². The van der Waals surface area contributed by atoms with Crippen molar-refractivity contribution in [3.05, 3.63) is 47.9 Å². The van der Waals surface area contributed by atoms with Gasteiger partial charge >= 0.3 is 0 Å². The van der Waals surface area contributed by atoms with Crippen molar-refractivity contribution in [2.45, 2.75) is 19.3 Å². The van der Waals surface area contributed by atoms with Gasteiger partial charge in [-0.2, -0.15) is 5.10 Å². The molecule has 2 N–H and O–H groups in total. The number of carbonyl (C=O) groups is 1. The fraction of sp³-hybridized carbons (Fsp3) is 0.333. The third-order valence-corrected chi connectivity index (χ3v) is 4.03. The standard InChI is InChI=1S/C18H21N3O3/c1-12-8-16(12)17-7-6-15(24-17)10-20-21-18(22)11-19-13-4-3-5-14(9-13)23-2/h3-7,9-10,12,16,19H,8,11H2,1-2H3,(H,21,22)/b20-10-/t12-,16+/m1/s1. The molecule has 6 nitrogen and oxygen atoms in total. The Bertz CT molecular complexity index is 739. The second kappa shape index (κ2) is 7.21. The number of hydrogen-bond acceptors (Lipinski definition) is 5. The maximum atomic E-state index is 11.8. The van der Waals surface area contributed by atoms with E-state index in [-0.39, 0.29) is 12.5 Å². The number of methoxy groups -OCH3 is 1. The van der Waals surface area contributed by atoms with Crippen LogP contribution in [0.15, 0.2) is 45.9 Å². The fourth-order valence-electron chi connectivity index (χ4n) is 2.48. The van der Waals surface area contributed by atoms with Gasteiger partial charge in [-0.15, -0.1) is 0 Å². The molecule has 1 aromatic heterocycles. The Kier molecular flexibility index (Phi) is 4.84. The SMILES string of the molecule is COc1cccc(NCC(=O)N/N=C\c2ccc([C@H]3C[C@H]3C)o2)c1. The summed E-state index contributed by atoms with van der Waals surface area (Å²) in [4.78, 5) is 11.8. The molecule has 2 aromatic rings. The summed E-state index contributed by atoms with van der Waals surface area (Å²) in [5.74, 6) is 3.37. The van der Waals surface area contributed by atoms with Crippen LogP contribution in [0.4, 0.5) is 5.69 Å². The highest BCUT2D eigenvalue weighted by Crippen LogP contribution is 2.47. The van der Waals surface area contributed by atoms with Crippen molar-refractivity contribution in [3.63, 3.8) is 0 Å². The summed E-state index contributed by atoms with van der Waals surface area (Å²) in [6.45, 7) is 2.32. The van der Waals surface area contributed by atoms with Gasteiger partial charge in [0.1, 0.15) is 17.3 Å². The molecule has 0 radical (unpaired) electrons. The van der Waals surface area contributed by atoms with Crippen LogP contribution < -0.4 is 15.5 Å². The smallest absolute Gasteiger partial charge is 0.259 e. The molecule has 1 aliphatic carbocycles. The Morgan fingerprint density at radius 2 is 2.25 bits per heavy atom. The molecule has 2 atom stereocenters. The van der Waals surface area contributed by atoms with E-state index in [9.17, 15) is 4.79 Å². The van der Waals surface area contributed by atoms with Crippen molar-refractivity contribution < 1.29 is 13.9 Å². The van der Waals surface area contributed by atoms with Gasteiger partial charge in [-0.3, -0.25) is 4.79 Å². The van der Waals surface area contributed by atoms with Crippen molar-refractivity contribution in [2.75, 3.05) is 19.0 Å². The Hall–Kier alpha value is -2.76. The minimum atomic E-state index is -0.239. The summed E-state index contributed by atoms with van der Waals surface area (Å²) >= 11 is 0. The van der Waals surface area contributed by atoms with Crippen LogP contribution >= 0.6 is 0 Å². The fourth-order valence-corrected chi connectivity index (χ4v) is 2.48. The summed E-state index contributed by atoms with van der Waals surface area (Å²) in [5.41, 5.74) is 3.28. The van der Waals surface area contributed by atoms with E-state index in [1.807, 2.05) is 36.4 Å². The van der Waals surface area contributed by atoms with Gasteiger partial charge in [-0.1, -0.05) is 13.0 Å². The number of hydrogen-bond donors (Lipinski definition) is 2. The number of amides is 1. The van der Waals surface area contributed by atoms with Crippen molar-refractivity contribution in [1.29, 1.82) is 0 Å². The first kappa shape index (κ1) is 16.1. The molecule has 6 heteroatoms. The van der Waals surface area contributed by atoms with E-state index in [2.05, 4.69) is 22.8 Å². The number of nitrogens with one attached hydrogen (secondary N) is 2. The van der Waals surface area contributed by atoms with Crippen LogP contribution in [0.25, 0.3) is 0 Å². The van der Waals surface area contributed by atoms with Gasteiger partial charge < -0.3 is 14.5 Å². The van der Waals surface area contributed by atoms with Crippen LogP contribution in [0.1, 0.15) is 30.8 Å². The quantitative estimate of drug-likeness (QED) is 0.605. The number of anilines is 1. The average Bonchev–Trinajstić information content (AvgIpc) is 3.14. The number of rotatable bonds is 7. The molecule has 1 aromatic carbocycles. The third kappa shape index (κ3) is 4.16. The first-order chi connectivity index (χ1) is 11.7. The lowest BCUT2D eigenvalue weighted by Crippen LogP contribution is -2.25. The molecule has 0 unspecified atom stereocenters. The van der Waals surface area contributed by atoms with Crippen LogP contribution in [0.5, 0.6) is 5.75 Å². The predicted octanol–water partition coefficient (Wildman–Crippen LogP) is 2.97. The summed E-state index contributed by atoms with van der Waals surface area (Å²) < 4.78 is 10.8. The lowest BCUT2D eigenvalue weighted by molar-refractivity contribution is -0.119. The number of nitrogens with zero attached hydrogens (tertiary/aromatic N) is 1. The molecule has 0 bridgehead atoms. The molecular formula is C18H21N3O3. The largest absolute Gasteiger partial charge is 0.497 e. The normalized spacial score (nSPS) is 19.2. The summed E-state index contributed by atoms with van der Waals surface area (Å²) in [6.07, 6.45) is 2.69. The van der Waals surface area contributed by atoms with Gasteiger partial charge in [0.15, 0.2) is 0 Å². The highest BCUT2D eigenvalue weighted by molar-refractivity contribution is 5.83. The van der Waals surface area contributed by atoms with E-state index < -0.39 is 0 Å². The maximum Gasteiger partial charge on any atom is 0.259 e. The van der Waals surface area contributed by atoms with Gasteiger partial charge in [-0.05, 0) is 36.6 Å². The molecule has 1 aliphatic rings. The second-order valence-corrected chi connectivity index (χ2v) is 5.94. The van der Waals surface area contributed by atoms with Crippen LogP contribution in [-0.2, 0) is 4.79 Å². The molecule has 3 rings (SSSR count). The minimum Gasteiger partial charge on any atom is -0.497 e. The molecule has 1 fully saturated rings. The zero-order valence-electron chi connectivity index (χ0n) is 13.8. The van der Waals surface area contributed by atoms with Gasteiger partial charge in [-0.25, -0.2) is 5.43 Å². The topological polar surface area (TPSA) is 75.9 Å². The molecule has 24 heavy (non-hydrogen) atoms. The molecule has 1 amide bonds. The van der Waals surface area contributed by atoms with Gasteiger partial charge in [0, 0.05) is 17.7 Å². The molecule has 1 heterocycles. The van der Waals surface area contributed by atoms with E-state index in [1.165, 1.54) is 12.6 Å². The molecular weight excluding hydrogens is 306 g/mol. The average molecular weight is 327 g/mol. The van der Waals surface area contributed by atoms with E-state index in [0.717, 1.165) is 17.2 Å². The first-order valence-corrected chi connectivity index (χ1v) is 7.95. The van der Waals surface area contributed by atoms with Crippen molar-refractivity contribution in [3.8, 4) is 5.75 Å². The molecule has 0 spiro atoms. The van der Waals surface area contributed by atoms with Crippen molar-refractivity contribution in [1.82, 2.24) is 5.43 Å². The highest BCUT2D eigenvalue weighted by atomic mass is 16.5. The minimum absolute atomic E-state index is 0.119. The Labute approximate surface area is 140 Å². The third-order valence-electron chi connectivity index (χ3n) is 4.03. The summed E-state index contributed by atoms with van der Waals surface area (Å²) in [6, 6.07) is 11.2. The molecule has 0 aliphatic heterocycles. The van der Waals surface area contributed by atoms with E-state index in [0.29, 0.717) is 17.6 Å². The van der Waals surface area contributed by atoms with E-state index in [1.54, 1.807) is 7.11 Å². The number of benzene rings is 1.